The van der Waals surface area contributed by atoms with E-state index in [1.54, 1.807) is 21.5 Å². The third-order valence-electron chi connectivity index (χ3n) is 4.01. The average Bonchev–Trinajstić information content (AvgIpc) is 3.06. The van der Waals surface area contributed by atoms with Crippen molar-refractivity contribution < 1.29 is 0 Å². The average molecular weight is 328 g/mol. The number of benzene rings is 2. The summed E-state index contributed by atoms with van der Waals surface area (Å²) in [7, 11) is 0. The molecule has 2 aromatic heterocycles. The first kappa shape index (κ1) is 15.1. The van der Waals surface area contributed by atoms with E-state index in [9.17, 15) is 4.79 Å². The molecule has 0 amide bonds. The first-order valence-corrected chi connectivity index (χ1v) is 8.00. The van der Waals surface area contributed by atoms with Gasteiger partial charge in [-0.1, -0.05) is 53.2 Å². The van der Waals surface area contributed by atoms with Gasteiger partial charge in [0.25, 0.3) is 5.56 Å². The van der Waals surface area contributed by atoms with Crippen LogP contribution in [0.15, 0.2) is 77.7 Å². The van der Waals surface area contributed by atoms with Crippen LogP contribution in [0, 0.1) is 12.7 Å². The molecule has 4 rings (SSSR count). The predicted molar refractivity (Wildman–Crippen MR) is 97.9 cm³/mol. The molecule has 0 saturated carbocycles. The van der Waals surface area contributed by atoms with Gasteiger partial charge in [-0.15, -0.1) is 5.10 Å². The zero-order valence-electron chi connectivity index (χ0n) is 13.7. The van der Waals surface area contributed by atoms with E-state index in [4.69, 9.17) is 0 Å². The number of hydrogen-bond acceptors (Lipinski definition) is 3. The zero-order valence-corrected chi connectivity index (χ0v) is 13.7. The highest BCUT2D eigenvalue weighted by atomic mass is 16.1. The van der Waals surface area contributed by atoms with Gasteiger partial charge in [0, 0.05) is 12.3 Å². The number of para-hydroxylation sites is 1. The van der Waals surface area contributed by atoms with Crippen LogP contribution in [0.1, 0.15) is 11.1 Å². The van der Waals surface area contributed by atoms with Crippen molar-refractivity contribution in [2.24, 2.45) is 0 Å². The zero-order chi connectivity index (χ0) is 17.2. The Hall–Kier alpha value is -3.47. The van der Waals surface area contributed by atoms with Crippen LogP contribution in [0.3, 0.4) is 0 Å². The first-order valence-electron chi connectivity index (χ1n) is 8.00. The maximum Gasteiger partial charge on any atom is 0.256 e. The molecule has 0 radical (unpaired) electrons. The number of hydrogen-bond donors (Lipinski definition) is 0. The Bertz CT molecular complexity index is 1120. The molecule has 2 aromatic carbocycles. The smallest absolute Gasteiger partial charge is 0.256 e. The lowest BCUT2D eigenvalue weighted by atomic mass is 10.1. The Balaban J connectivity index is 1.97. The monoisotopic (exact) mass is 328 g/mol. The number of aryl methyl sites for hydroxylation is 1. The summed E-state index contributed by atoms with van der Waals surface area (Å²) >= 11 is 0. The molecule has 0 aliphatic rings. The molecular weight excluding hydrogens is 312 g/mol. The summed E-state index contributed by atoms with van der Waals surface area (Å²) in [6.45, 7) is 2.04. The lowest BCUT2D eigenvalue weighted by Gasteiger charge is -2.11. The molecule has 0 unspecified atom stereocenters. The summed E-state index contributed by atoms with van der Waals surface area (Å²) in [6, 6.07) is 20.9. The van der Waals surface area contributed by atoms with Crippen molar-refractivity contribution in [3.8, 4) is 0 Å². The van der Waals surface area contributed by atoms with Gasteiger partial charge >= 0.3 is 0 Å². The van der Waals surface area contributed by atoms with Gasteiger partial charge in [0.2, 0.25) is 0 Å². The molecular formula is C20H16N4O. The van der Waals surface area contributed by atoms with Gasteiger partial charge in [-0.2, -0.15) is 4.68 Å². The molecule has 4 aromatic rings. The number of fused-ring (bicyclic) bond motifs is 1. The molecule has 0 N–H and O–H groups in total. The quantitative estimate of drug-likeness (QED) is 0.580. The van der Waals surface area contributed by atoms with E-state index in [2.05, 4.69) is 10.3 Å². The van der Waals surface area contributed by atoms with E-state index in [0.717, 1.165) is 16.6 Å². The van der Waals surface area contributed by atoms with Gasteiger partial charge in [-0.3, -0.25) is 9.36 Å². The fourth-order valence-electron chi connectivity index (χ4n) is 2.70. The van der Waals surface area contributed by atoms with Crippen LogP contribution in [-0.4, -0.2) is 19.6 Å². The molecule has 25 heavy (non-hydrogen) atoms. The first-order chi connectivity index (χ1) is 12.2. The second kappa shape index (κ2) is 6.20. The summed E-state index contributed by atoms with van der Waals surface area (Å²) in [5, 5.41) is 8.47. The Labute approximate surface area is 144 Å². The molecule has 0 fully saturated rings. The van der Waals surface area contributed by atoms with E-state index in [1.807, 2.05) is 67.6 Å². The third-order valence-corrected chi connectivity index (χ3v) is 4.01. The number of pyridine rings is 1. The van der Waals surface area contributed by atoms with Crippen LogP contribution in [0.2, 0.25) is 0 Å². The highest BCUT2D eigenvalue weighted by molar-refractivity contribution is 5.75. The second-order valence-electron chi connectivity index (χ2n) is 5.81. The summed E-state index contributed by atoms with van der Waals surface area (Å²) in [5.41, 5.74) is 3.66. The van der Waals surface area contributed by atoms with Gasteiger partial charge in [0.05, 0.1) is 5.52 Å². The molecule has 0 atom stereocenters. The van der Waals surface area contributed by atoms with Crippen molar-refractivity contribution in [3.05, 3.63) is 100 Å². The normalized spacial score (nSPS) is 11.8. The Morgan fingerprint density at radius 1 is 0.960 bits per heavy atom. The summed E-state index contributed by atoms with van der Waals surface area (Å²) < 4.78 is 3.26. The fraction of sp³-hybridized carbons (Fsp3) is 0.0500. The van der Waals surface area contributed by atoms with Crippen molar-refractivity contribution >= 4 is 17.1 Å². The summed E-state index contributed by atoms with van der Waals surface area (Å²) in [6.07, 6.45) is 3.67. The molecule has 0 aliphatic carbocycles. The molecule has 0 bridgehead atoms. The SMILES string of the molecule is Cc1ccc(/C=C(/n2ccccc2=O)n2nnc3ccccc32)cc1. The third kappa shape index (κ3) is 2.87. The minimum atomic E-state index is -0.125. The Kier molecular flexibility index (Phi) is 3.74. The van der Waals surface area contributed by atoms with Crippen molar-refractivity contribution in [1.29, 1.82) is 0 Å². The van der Waals surface area contributed by atoms with Gasteiger partial charge in [0.15, 0.2) is 0 Å². The Morgan fingerprint density at radius 2 is 1.72 bits per heavy atom. The lowest BCUT2D eigenvalue weighted by molar-refractivity contribution is 0.660. The van der Waals surface area contributed by atoms with Crippen molar-refractivity contribution in [2.45, 2.75) is 6.92 Å². The van der Waals surface area contributed by atoms with Crippen LogP contribution in [0.25, 0.3) is 17.1 Å². The van der Waals surface area contributed by atoms with Gasteiger partial charge < -0.3 is 0 Å². The standard InChI is InChI=1S/C20H16N4O/c1-15-9-11-16(12-10-15)14-19(23-13-5-4-8-20(23)25)24-18-7-3-2-6-17(18)21-22-24/h2-14H,1H3/b19-14-. The second-order valence-corrected chi connectivity index (χ2v) is 5.81. The molecule has 2 heterocycles. The van der Waals surface area contributed by atoms with Crippen molar-refractivity contribution in [3.63, 3.8) is 0 Å². The summed E-state index contributed by atoms with van der Waals surface area (Å²) in [5.74, 6) is 0.628. The molecule has 0 saturated heterocycles. The molecule has 122 valence electrons. The maximum atomic E-state index is 12.4. The highest BCUT2D eigenvalue weighted by Gasteiger charge is 2.11. The van der Waals surface area contributed by atoms with Crippen LogP contribution in [0.5, 0.6) is 0 Å². The van der Waals surface area contributed by atoms with Crippen LogP contribution < -0.4 is 5.56 Å². The van der Waals surface area contributed by atoms with E-state index < -0.39 is 0 Å². The van der Waals surface area contributed by atoms with Crippen molar-refractivity contribution in [1.82, 2.24) is 19.6 Å². The van der Waals surface area contributed by atoms with Gasteiger partial charge in [-0.25, -0.2) is 0 Å². The fourth-order valence-corrected chi connectivity index (χ4v) is 2.70. The van der Waals surface area contributed by atoms with E-state index in [-0.39, 0.29) is 5.56 Å². The predicted octanol–water partition coefficient (Wildman–Crippen LogP) is 3.22. The van der Waals surface area contributed by atoms with Gasteiger partial charge in [0.1, 0.15) is 11.3 Å². The largest absolute Gasteiger partial charge is 0.269 e. The molecule has 0 aliphatic heterocycles. The van der Waals surface area contributed by atoms with Crippen LogP contribution in [-0.2, 0) is 0 Å². The minimum Gasteiger partial charge on any atom is -0.269 e. The summed E-state index contributed by atoms with van der Waals surface area (Å²) in [4.78, 5) is 12.4. The minimum absolute atomic E-state index is 0.125. The number of nitrogens with zero attached hydrogens (tertiary/aromatic N) is 4. The van der Waals surface area contributed by atoms with Gasteiger partial charge in [-0.05, 0) is 36.8 Å². The molecule has 5 nitrogen and oxygen atoms in total. The van der Waals surface area contributed by atoms with Crippen LogP contribution >= 0.6 is 0 Å². The number of aromatic nitrogens is 4. The van der Waals surface area contributed by atoms with Crippen LogP contribution in [0.4, 0.5) is 0 Å². The maximum absolute atomic E-state index is 12.4. The molecule has 0 spiro atoms. The van der Waals surface area contributed by atoms with E-state index >= 15 is 0 Å². The van der Waals surface area contributed by atoms with E-state index in [1.165, 1.54) is 11.6 Å². The Morgan fingerprint density at radius 3 is 2.52 bits per heavy atom. The lowest BCUT2D eigenvalue weighted by Crippen LogP contribution is -2.24. The molecule has 5 heteroatoms. The highest BCUT2D eigenvalue weighted by Crippen LogP contribution is 2.16. The number of rotatable bonds is 3. The topological polar surface area (TPSA) is 52.7 Å². The van der Waals surface area contributed by atoms with E-state index in [0.29, 0.717) is 5.82 Å². The van der Waals surface area contributed by atoms with Crippen molar-refractivity contribution in [2.75, 3.05) is 0 Å².